The van der Waals surface area contributed by atoms with Crippen molar-refractivity contribution in [3.63, 3.8) is 0 Å². The second kappa shape index (κ2) is 9.37. The fourth-order valence-corrected chi connectivity index (χ4v) is 3.59. The van der Waals surface area contributed by atoms with E-state index in [-0.39, 0.29) is 0 Å². The van der Waals surface area contributed by atoms with Crippen LogP contribution in [0.5, 0.6) is 0 Å². The SMILES string of the molecule is CCNC(=NCc1cn2cc(Br)ccc2n1)N(C)CCC1CCOCC1. The molecule has 0 saturated carbocycles. The average Bonchev–Trinajstić information content (AvgIpc) is 3.06. The minimum Gasteiger partial charge on any atom is -0.381 e. The molecule has 1 N–H and O–H groups in total. The van der Waals surface area contributed by atoms with Gasteiger partial charge in [-0.15, -0.1) is 0 Å². The van der Waals surface area contributed by atoms with E-state index >= 15 is 0 Å². The van der Waals surface area contributed by atoms with Crippen LogP contribution < -0.4 is 5.32 Å². The lowest BCUT2D eigenvalue weighted by Gasteiger charge is -2.26. The molecule has 0 spiro atoms. The van der Waals surface area contributed by atoms with Gasteiger partial charge in [0.25, 0.3) is 0 Å². The summed E-state index contributed by atoms with van der Waals surface area (Å²) in [6, 6.07) is 4.01. The van der Waals surface area contributed by atoms with E-state index in [1.165, 1.54) is 19.3 Å². The number of rotatable bonds is 6. The zero-order chi connectivity index (χ0) is 18.4. The molecule has 142 valence electrons. The molecule has 26 heavy (non-hydrogen) atoms. The van der Waals surface area contributed by atoms with E-state index in [1.807, 2.05) is 28.9 Å². The number of imidazole rings is 1. The highest BCUT2D eigenvalue weighted by Crippen LogP contribution is 2.18. The highest BCUT2D eigenvalue weighted by molar-refractivity contribution is 9.10. The molecule has 0 radical (unpaired) electrons. The van der Waals surface area contributed by atoms with Gasteiger partial charge in [-0.2, -0.15) is 0 Å². The van der Waals surface area contributed by atoms with Crippen molar-refractivity contribution in [3.8, 4) is 0 Å². The maximum Gasteiger partial charge on any atom is 0.194 e. The summed E-state index contributed by atoms with van der Waals surface area (Å²) in [5.41, 5.74) is 1.91. The van der Waals surface area contributed by atoms with Crippen molar-refractivity contribution >= 4 is 27.5 Å². The van der Waals surface area contributed by atoms with Gasteiger partial charge in [-0.25, -0.2) is 9.98 Å². The first-order chi connectivity index (χ1) is 12.7. The second-order valence-electron chi connectivity index (χ2n) is 6.78. The zero-order valence-corrected chi connectivity index (χ0v) is 17.2. The van der Waals surface area contributed by atoms with Gasteiger partial charge in [0.1, 0.15) is 5.65 Å². The van der Waals surface area contributed by atoms with E-state index in [4.69, 9.17) is 9.73 Å². The highest BCUT2D eigenvalue weighted by atomic mass is 79.9. The maximum absolute atomic E-state index is 5.45. The van der Waals surface area contributed by atoms with E-state index in [0.29, 0.717) is 6.54 Å². The van der Waals surface area contributed by atoms with Gasteiger partial charge in [-0.3, -0.25) is 0 Å². The van der Waals surface area contributed by atoms with Gasteiger partial charge in [-0.05, 0) is 60.2 Å². The summed E-state index contributed by atoms with van der Waals surface area (Å²) < 4.78 is 8.52. The number of hydrogen-bond acceptors (Lipinski definition) is 3. The minimum atomic E-state index is 0.573. The number of guanidine groups is 1. The van der Waals surface area contributed by atoms with Crippen molar-refractivity contribution in [2.24, 2.45) is 10.9 Å². The number of pyridine rings is 1. The molecular weight excluding hydrogens is 394 g/mol. The average molecular weight is 422 g/mol. The lowest BCUT2D eigenvalue weighted by Crippen LogP contribution is -2.40. The molecular formula is C19H28BrN5O. The van der Waals surface area contributed by atoms with E-state index in [1.54, 1.807) is 0 Å². The zero-order valence-electron chi connectivity index (χ0n) is 15.6. The maximum atomic E-state index is 5.45. The molecule has 1 saturated heterocycles. The Hall–Kier alpha value is -1.60. The molecule has 0 bridgehead atoms. The fourth-order valence-electron chi connectivity index (χ4n) is 3.24. The van der Waals surface area contributed by atoms with Crippen LogP contribution in [0.3, 0.4) is 0 Å². The fraction of sp³-hybridized carbons (Fsp3) is 0.579. The molecule has 0 amide bonds. The Labute approximate surface area is 163 Å². The Kier molecular flexibility index (Phi) is 6.91. The molecule has 6 nitrogen and oxygen atoms in total. The summed E-state index contributed by atoms with van der Waals surface area (Å²) in [6.07, 6.45) is 7.60. The van der Waals surface area contributed by atoms with Gasteiger partial charge in [0.2, 0.25) is 0 Å². The largest absolute Gasteiger partial charge is 0.381 e. The van der Waals surface area contributed by atoms with Crippen LogP contribution >= 0.6 is 15.9 Å². The Bertz CT molecular complexity index is 739. The predicted molar refractivity (Wildman–Crippen MR) is 108 cm³/mol. The summed E-state index contributed by atoms with van der Waals surface area (Å²) in [7, 11) is 2.11. The molecule has 0 atom stereocenters. The Balaban J connectivity index is 1.61. The first kappa shape index (κ1) is 19.2. The number of aromatic nitrogens is 2. The van der Waals surface area contributed by atoms with Crippen molar-refractivity contribution < 1.29 is 4.74 Å². The van der Waals surface area contributed by atoms with Crippen LogP contribution in [0.15, 0.2) is 34.0 Å². The van der Waals surface area contributed by atoms with Crippen molar-refractivity contribution in [3.05, 3.63) is 34.7 Å². The van der Waals surface area contributed by atoms with Gasteiger partial charge in [0, 0.05) is 50.2 Å². The van der Waals surface area contributed by atoms with E-state index < -0.39 is 0 Å². The Morgan fingerprint density at radius 2 is 2.19 bits per heavy atom. The van der Waals surface area contributed by atoms with Crippen LogP contribution in [0.2, 0.25) is 0 Å². The van der Waals surface area contributed by atoms with Crippen molar-refractivity contribution in [2.45, 2.75) is 32.7 Å². The lowest BCUT2D eigenvalue weighted by molar-refractivity contribution is 0.0625. The molecule has 0 aliphatic carbocycles. The van der Waals surface area contributed by atoms with Crippen LogP contribution in [0, 0.1) is 5.92 Å². The molecule has 2 aromatic rings. The van der Waals surface area contributed by atoms with Crippen LogP contribution in [0.25, 0.3) is 5.65 Å². The van der Waals surface area contributed by atoms with Crippen LogP contribution in [0.4, 0.5) is 0 Å². The van der Waals surface area contributed by atoms with Crippen molar-refractivity contribution in [1.82, 2.24) is 19.6 Å². The molecule has 3 heterocycles. The molecule has 0 aromatic carbocycles. The molecule has 1 fully saturated rings. The van der Waals surface area contributed by atoms with E-state index in [0.717, 1.165) is 54.0 Å². The molecule has 1 aliphatic heterocycles. The normalized spacial score (nSPS) is 16.2. The highest BCUT2D eigenvalue weighted by Gasteiger charge is 2.15. The standard InChI is InChI=1S/C19H28BrN5O/c1-3-21-19(24(2)9-6-15-7-10-26-11-8-15)22-12-17-14-25-13-16(20)4-5-18(25)23-17/h4-5,13-15H,3,6-12H2,1-2H3,(H,21,22). The topological polar surface area (TPSA) is 54.2 Å². The Morgan fingerprint density at radius 3 is 2.96 bits per heavy atom. The summed E-state index contributed by atoms with van der Waals surface area (Å²) >= 11 is 3.49. The van der Waals surface area contributed by atoms with Crippen LogP contribution in [0.1, 0.15) is 31.9 Å². The molecule has 3 rings (SSSR count). The monoisotopic (exact) mass is 421 g/mol. The first-order valence-corrected chi connectivity index (χ1v) is 10.2. The summed E-state index contributed by atoms with van der Waals surface area (Å²) in [6.45, 7) is 6.36. The number of ether oxygens (including phenoxy) is 1. The lowest BCUT2D eigenvalue weighted by atomic mass is 9.96. The third kappa shape index (κ3) is 5.20. The van der Waals surface area contributed by atoms with Gasteiger partial charge in [0.05, 0.1) is 12.2 Å². The van der Waals surface area contributed by atoms with Gasteiger partial charge in [0.15, 0.2) is 5.96 Å². The number of nitrogens with one attached hydrogen (secondary N) is 1. The van der Waals surface area contributed by atoms with Gasteiger partial charge >= 0.3 is 0 Å². The number of nitrogens with zero attached hydrogens (tertiary/aromatic N) is 4. The van der Waals surface area contributed by atoms with E-state index in [9.17, 15) is 0 Å². The molecule has 7 heteroatoms. The number of fused-ring (bicyclic) bond motifs is 1. The molecule has 0 unspecified atom stereocenters. The van der Waals surface area contributed by atoms with Crippen LogP contribution in [-0.2, 0) is 11.3 Å². The third-order valence-corrected chi connectivity index (χ3v) is 5.23. The third-order valence-electron chi connectivity index (χ3n) is 4.77. The summed E-state index contributed by atoms with van der Waals surface area (Å²) in [5, 5.41) is 3.39. The van der Waals surface area contributed by atoms with Crippen molar-refractivity contribution in [1.29, 1.82) is 0 Å². The number of hydrogen-bond donors (Lipinski definition) is 1. The van der Waals surface area contributed by atoms with Crippen molar-refractivity contribution in [2.75, 3.05) is 33.4 Å². The minimum absolute atomic E-state index is 0.573. The van der Waals surface area contributed by atoms with E-state index in [2.05, 4.69) is 45.1 Å². The number of aliphatic imine (C=N–C) groups is 1. The quantitative estimate of drug-likeness (QED) is 0.573. The predicted octanol–water partition coefficient (Wildman–Crippen LogP) is 3.31. The summed E-state index contributed by atoms with van der Waals surface area (Å²) in [4.78, 5) is 11.7. The van der Waals surface area contributed by atoms with Gasteiger partial charge < -0.3 is 19.4 Å². The van der Waals surface area contributed by atoms with Crippen LogP contribution in [-0.4, -0.2) is 53.6 Å². The number of halogens is 1. The molecule has 2 aromatic heterocycles. The molecule has 1 aliphatic rings. The summed E-state index contributed by atoms with van der Waals surface area (Å²) in [5.74, 6) is 1.71. The second-order valence-corrected chi connectivity index (χ2v) is 7.70. The van der Waals surface area contributed by atoms with Gasteiger partial charge in [-0.1, -0.05) is 0 Å². The first-order valence-electron chi connectivity index (χ1n) is 9.36. The smallest absolute Gasteiger partial charge is 0.194 e. The Morgan fingerprint density at radius 1 is 1.38 bits per heavy atom.